The van der Waals surface area contributed by atoms with Crippen LogP contribution in [0.25, 0.3) is 0 Å². The van der Waals surface area contributed by atoms with Crippen molar-refractivity contribution in [2.45, 2.75) is 26.8 Å². The molecular weight excluding hydrogens is 314 g/mol. The van der Waals surface area contributed by atoms with Gasteiger partial charge < -0.3 is 11.1 Å². The lowest BCUT2D eigenvalue weighted by molar-refractivity contribution is -0.119. The van der Waals surface area contributed by atoms with E-state index in [1.54, 1.807) is 18.2 Å². The van der Waals surface area contributed by atoms with Crippen molar-refractivity contribution in [3.63, 3.8) is 0 Å². The number of carbonyl (C=O) groups excluding carboxylic acids is 1. The molecule has 120 valence electrons. The van der Waals surface area contributed by atoms with Gasteiger partial charge in [-0.15, -0.1) is 12.4 Å². The largest absolute Gasteiger partial charge is 0.325 e. The van der Waals surface area contributed by atoms with Gasteiger partial charge in [0.15, 0.2) is 0 Å². The summed E-state index contributed by atoms with van der Waals surface area (Å²) in [6.45, 7) is 5.62. The summed E-state index contributed by atoms with van der Waals surface area (Å²) in [6, 6.07) is 5.79. The molecule has 0 aromatic heterocycles. The molecule has 0 aliphatic heterocycles. The van der Waals surface area contributed by atoms with Crippen LogP contribution in [0, 0.1) is 5.41 Å². The number of carbonyl (C=O) groups is 1. The van der Waals surface area contributed by atoms with E-state index >= 15 is 0 Å². The Hall–Kier alpha value is -1.31. The molecule has 1 rings (SSSR count). The van der Waals surface area contributed by atoms with Gasteiger partial charge in [-0.1, -0.05) is 26.8 Å². The molecule has 0 spiro atoms. The second-order valence-corrected chi connectivity index (χ2v) is 7.54. The standard InChI is InChI=1S/C13H21N3O3S.ClH/c1-13(2,3)11(14)12(17)15-9-6-5-7-10(8-9)16-20(4,18)19;/h5-8,11,16H,14H2,1-4H3,(H,15,17);1H/t11-;/m1./s1. The van der Waals surface area contributed by atoms with Crippen LogP contribution in [0.2, 0.25) is 0 Å². The molecular formula is C13H22ClN3O3S. The second kappa shape index (κ2) is 7.11. The number of halogens is 1. The van der Waals surface area contributed by atoms with Crippen LogP contribution in [0.4, 0.5) is 11.4 Å². The molecule has 1 aromatic rings. The van der Waals surface area contributed by atoms with Crippen molar-refractivity contribution < 1.29 is 13.2 Å². The van der Waals surface area contributed by atoms with Crippen LogP contribution in [0.3, 0.4) is 0 Å². The Labute approximate surface area is 132 Å². The Balaban J connectivity index is 0.00000400. The number of benzene rings is 1. The zero-order chi connectivity index (χ0) is 15.6. The van der Waals surface area contributed by atoms with Gasteiger partial charge >= 0.3 is 0 Å². The van der Waals surface area contributed by atoms with Gasteiger partial charge in [-0.2, -0.15) is 0 Å². The molecule has 4 N–H and O–H groups in total. The third-order valence-electron chi connectivity index (χ3n) is 2.65. The van der Waals surface area contributed by atoms with E-state index in [0.29, 0.717) is 11.4 Å². The van der Waals surface area contributed by atoms with Crippen LogP contribution < -0.4 is 15.8 Å². The summed E-state index contributed by atoms with van der Waals surface area (Å²) in [5.74, 6) is -0.311. The van der Waals surface area contributed by atoms with Crippen molar-refractivity contribution in [2.24, 2.45) is 11.1 Å². The fourth-order valence-corrected chi connectivity index (χ4v) is 2.04. The first kappa shape index (κ1) is 19.7. The van der Waals surface area contributed by atoms with Gasteiger partial charge in [-0.05, 0) is 23.6 Å². The molecule has 0 aliphatic carbocycles. The number of sulfonamides is 1. The van der Waals surface area contributed by atoms with Gasteiger partial charge in [-0.25, -0.2) is 8.42 Å². The Bertz CT molecular complexity index is 597. The van der Waals surface area contributed by atoms with E-state index in [0.717, 1.165) is 6.26 Å². The Morgan fingerprint density at radius 3 is 2.24 bits per heavy atom. The van der Waals surface area contributed by atoms with Gasteiger partial charge in [0.05, 0.1) is 18.0 Å². The summed E-state index contributed by atoms with van der Waals surface area (Å²) in [5.41, 5.74) is 6.38. The smallest absolute Gasteiger partial charge is 0.241 e. The molecule has 0 unspecified atom stereocenters. The summed E-state index contributed by atoms with van der Waals surface area (Å²) in [6.07, 6.45) is 1.06. The minimum absolute atomic E-state index is 0. The summed E-state index contributed by atoms with van der Waals surface area (Å²) < 4.78 is 24.7. The molecule has 0 saturated heterocycles. The molecule has 1 atom stereocenters. The Morgan fingerprint density at radius 2 is 1.76 bits per heavy atom. The van der Waals surface area contributed by atoms with E-state index in [4.69, 9.17) is 5.73 Å². The quantitative estimate of drug-likeness (QED) is 0.780. The number of amides is 1. The van der Waals surface area contributed by atoms with E-state index in [9.17, 15) is 13.2 Å². The van der Waals surface area contributed by atoms with Gasteiger partial charge in [0, 0.05) is 5.69 Å². The van der Waals surface area contributed by atoms with E-state index in [-0.39, 0.29) is 23.7 Å². The lowest BCUT2D eigenvalue weighted by Gasteiger charge is -2.25. The van der Waals surface area contributed by atoms with Gasteiger partial charge in [0.1, 0.15) is 0 Å². The van der Waals surface area contributed by atoms with Crippen molar-refractivity contribution in [1.82, 2.24) is 0 Å². The molecule has 0 bridgehead atoms. The number of anilines is 2. The average molecular weight is 336 g/mol. The number of rotatable bonds is 4. The summed E-state index contributed by atoms with van der Waals surface area (Å²) in [5, 5.41) is 2.68. The number of hydrogen-bond donors (Lipinski definition) is 3. The van der Waals surface area contributed by atoms with E-state index in [1.165, 1.54) is 6.07 Å². The van der Waals surface area contributed by atoms with Crippen LogP contribution in [-0.4, -0.2) is 26.6 Å². The van der Waals surface area contributed by atoms with Crippen molar-refractivity contribution in [2.75, 3.05) is 16.3 Å². The number of nitrogens with two attached hydrogens (primary N) is 1. The van der Waals surface area contributed by atoms with Gasteiger partial charge in [0.2, 0.25) is 15.9 Å². The molecule has 0 heterocycles. The van der Waals surface area contributed by atoms with Crippen molar-refractivity contribution in [3.05, 3.63) is 24.3 Å². The van der Waals surface area contributed by atoms with Crippen LogP contribution in [0.15, 0.2) is 24.3 Å². The SMILES string of the molecule is CC(C)(C)[C@H](N)C(=O)Nc1cccc(NS(C)(=O)=O)c1.Cl. The summed E-state index contributed by atoms with van der Waals surface area (Å²) in [7, 11) is -3.35. The van der Waals surface area contributed by atoms with Gasteiger partial charge in [0.25, 0.3) is 0 Å². The molecule has 6 nitrogen and oxygen atoms in total. The van der Waals surface area contributed by atoms with Crippen LogP contribution >= 0.6 is 12.4 Å². The fourth-order valence-electron chi connectivity index (χ4n) is 1.49. The maximum atomic E-state index is 12.0. The topological polar surface area (TPSA) is 101 Å². The normalized spacial score (nSPS) is 13.0. The lowest BCUT2D eigenvalue weighted by atomic mass is 9.87. The molecule has 0 saturated carbocycles. The Kier molecular flexibility index (Phi) is 6.66. The molecule has 1 amide bonds. The van der Waals surface area contributed by atoms with E-state index in [1.807, 2.05) is 20.8 Å². The second-order valence-electron chi connectivity index (χ2n) is 5.79. The lowest BCUT2D eigenvalue weighted by Crippen LogP contribution is -2.45. The number of nitrogens with one attached hydrogen (secondary N) is 2. The highest BCUT2D eigenvalue weighted by atomic mass is 35.5. The van der Waals surface area contributed by atoms with Crippen LogP contribution in [-0.2, 0) is 14.8 Å². The van der Waals surface area contributed by atoms with Crippen molar-refractivity contribution in [3.8, 4) is 0 Å². The first-order valence-corrected chi connectivity index (χ1v) is 8.02. The Morgan fingerprint density at radius 1 is 1.24 bits per heavy atom. The third kappa shape index (κ3) is 6.79. The molecule has 0 aliphatic rings. The van der Waals surface area contributed by atoms with Crippen molar-refractivity contribution >= 4 is 39.7 Å². The molecule has 1 aromatic carbocycles. The predicted octanol–water partition coefficient (Wildman–Crippen LogP) is 1.79. The zero-order valence-corrected chi connectivity index (χ0v) is 14.1. The van der Waals surface area contributed by atoms with Crippen LogP contribution in [0.1, 0.15) is 20.8 Å². The van der Waals surface area contributed by atoms with Crippen molar-refractivity contribution in [1.29, 1.82) is 0 Å². The molecule has 21 heavy (non-hydrogen) atoms. The fraction of sp³-hybridized carbons (Fsp3) is 0.462. The van der Waals surface area contributed by atoms with Gasteiger partial charge in [-0.3, -0.25) is 9.52 Å². The first-order valence-electron chi connectivity index (χ1n) is 6.13. The summed E-state index contributed by atoms with van der Waals surface area (Å²) >= 11 is 0. The number of hydrogen-bond acceptors (Lipinski definition) is 4. The summed E-state index contributed by atoms with van der Waals surface area (Å²) in [4.78, 5) is 12.0. The van der Waals surface area contributed by atoms with E-state index in [2.05, 4.69) is 10.0 Å². The zero-order valence-electron chi connectivity index (χ0n) is 12.5. The van der Waals surface area contributed by atoms with Crippen LogP contribution in [0.5, 0.6) is 0 Å². The maximum Gasteiger partial charge on any atom is 0.241 e. The highest BCUT2D eigenvalue weighted by Crippen LogP contribution is 2.20. The minimum atomic E-state index is -3.35. The monoisotopic (exact) mass is 335 g/mol. The average Bonchev–Trinajstić information content (AvgIpc) is 2.24. The molecule has 0 radical (unpaired) electrons. The maximum absolute atomic E-state index is 12.0. The highest BCUT2D eigenvalue weighted by Gasteiger charge is 2.27. The molecule has 8 heteroatoms. The third-order valence-corrected chi connectivity index (χ3v) is 3.26. The van der Waals surface area contributed by atoms with E-state index < -0.39 is 16.1 Å². The first-order chi connectivity index (χ1) is 8.99. The minimum Gasteiger partial charge on any atom is -0.325 e. The predicted molar refractivity (Wildman–Crippen MR) is 88.2 cm³/mol. The highest BCUT2D eigenvalue weighted by molar-refractivity contribution is 7.92. The molecule has 0 fully saturated rings.